The first kappa shape index (κ1) is 12.5. The minimum Gasteiger partial charge on any atom is -0.386 e. The fourth-order valence-electron chi connectivity index (χ4n) is 1.78. The van der Waals surface area contributed by atoms with E-state index in [-0.39, 0.29) is 6.54 Å². The molecule has 2 nitrogen and oxygen atoms in total. The summed E-state index contributed by atoms with van der Waals surface area (Å²) in [6.45, 7) is 0.427. The Bertz CT molecular complexity index is 349. The third-order valence-corrected chi connectivity index (χ3v) is 3.00. The summed E-state index contributed by atoms with van der Waals surface area (Å²) in [5.41, 5.74) is 2.41. The lowest BCUT2D eigenvalue weighted by Gasteiger charge is -2.10. The quantitative estimate of drug-likeness (QED) is 0.800. The molecular weight excluding hydrogens is 224 g/mol. The van der Waals surface area contributed by atoms with Crippen molar-refractivity contribution in [3.63, 3.8) is 0 Å². The monoisotopic (exact) mass is 241 g/mol. The van der Waals surface area contributed by atoms with Gasteiger partial charge in [0.15, 0.2) is 0 Å². The molecule has 17 heavy (non-hydrogen) atoms. The van der Waals surface area contributed by atoms with Gasteiger partial charge in [-0.3, -0.25) is 0 Å². The van der Waals surface area contributed by atoms with E-state index in [1.165, 1.54) is 18.4 Å². The normalized spacial score (nSPS) is 17.4. The van der Waals surface area contributed by atoms with Gasteiger partial charge in [0.1, 0.15) is 6.10 Å². The van der Waals surface area contributed by atoms with E-state index in [0.29, 0.717) is 6.54 Å². The fraction of sp³-hybridized carbons (Fsp3) is 0.538. The first-order chi connectivity index (χ1) is 8.16. The Hall–Kier alpha value is -1.00. The van der Waals surface area contributed by atoms with Crippen LogP contribution in [0.1, 0.15) is 29.9 Å². The summed E-state index contributed by atoms with van der Waals surface area (Å²) in [4.78, 5) is 0. The minimum atomic E-state index is -2.68. The Labute approximate surface area is 99.7 Å². The second-order valence-corrected chi connectivity index (χ2v) is 4.55. The average Bonchev–Trinajstić information content (AvgIpc) is 3.13. The van der Waals surface area contributed by atoms with E-state index in [1.807, 2.05) is 12.1 Å². The Morgan fingerprint density at radius 1 is 1.24 bits per heavy atom. The largest absolute Gasteiger partial charge is 0.386 e. The molecule has 0 aromatic heterocycles. The maximum Gasteiger partial charge on any atom is 0.265 e. The maximum absolute atomic E-state index is 12.0. The number of nitrogens with one attached hydrogen (secondary N) is 1. The zero-order chi connectivity index (χ0) is 12.3. The second kappa shape index (κ2) is 5.56. The van der Waals surface area contributed by atoms with Gasteiger partial charge in [0.05, 0.1) is 0 Å². The molecule has 2 rings (SSSR count). The predicted octanol–water partition coefficient (Wildman–Crippen LogP) is 2.28. The second-order valence-electron chi connectivity index (χ2n) is 4.55. The molecule has 0 heterocycles. The van der Waals surface area contributed by atoms with Crippen molar-refractivity contribution in [3.8, 4) is 0 Å². The zero-order valence-electron chi connectivity index (χ0n) is 9.57. The molecule has 1 unspecified atom stereocenters. The number of rotatable bonds is 6. The van der Waals surface area contributed by atoms with Gasteiger partial charge in [-0.15, -0.1) is 0 Å². The highest BCUT2D eigenvalue weighted by molar-refractivity contribution is 5.27. The van der Waals surface area contributed by atoms with E-state index in [1.54, 1.807) is 0 Å². The maximum atomic E-state index is 12.0. The first-order valence-electron chi connectivity index (χ1n) is 5.92. The molecule has 1 aromatic carbocycles. The molecule has 0 radical (unpaired) electrons. The smallest absolute Gasteiger partial charge is 0.265 e. The van der Waals surface area contributed by atoms with Crippen molar-refractivity contribution in [2.75, 3.05) is 6.54 Å². The van der Waals surface area contributed by atoms with Gasteiger partial charge in [-0.25, -0.2) is 8.78 Å². The summed E-state index contributed by atoms with van der Waals surface area (Å²) >= 11 is 0. The van der Waals surface area contributed by atoms with Crippen molar-refractivity contribution in [3.05, 3.63) is 35.4 Å². The number of hydrogen-bond donors (Lipinski definition) is 2. The van der Waals surface area contributed by atoms with Gasteiger partial charge in [-0.05, 0) is 29.9 Å². The van der Waals surface area contributed by atoms with Crippen molar-refractivity contribution in [2.45, 2.75) is 37.8 Å². The van der Waals surface area contributed by atoms with Crippen LogP contribution in [-0.4, -0.2) is 24.2 Å². The van der Waals surface area contributed by atoms with Crippen molar-refractivity contribution >= 4 is 0 Å². The molecule has 1 aromatic rings. The molecule has 0 bridgehead atoms. The van der Waals surface area contributed by atoms with E-state index < -0.39 is 12.5 Å². The van der Waals surface area contributed by atoms with E-state index in [0.717, 1.165) is 11.5 Å². The number of alkyl halides is 2. The van der Waals surface area contributed by atoms with Crippen molar-refractivity contribution in [1.29, 1.82) is 0 Å². The number of benzene rings is 1. The molecule has 1 aliphatic carbocycles. The third-order valence-electron chi connectivity index (χ3n) is 3.00. The van der Waals surface area contributed by atoms with Crippen LogP contribution in [0.3, 0.4) is 0 Å². The van der Waals surface area contributed by atoms with Crippen LogP contribution in [0.2, 0.25) is 0 Å². The number of aliphatic hydroxyl groups is 1. The van der Waals surface area contributed by atoms with Gasteiger partial charge >= 0.3 is 0 Å². The average molecular weight is 241 g/mol. The van der Waals surface area contributed by atoms with E-state index in [2.05, 4.69) is 17.4 Å². The minimum absolute atomic E-state index is 0.0813. The summed E-state index contributed by atoms with van der Waals surface area (Å²) in [7, 11) is 0. The van der Waals surface area contributed by atoms with Crippen LogP contribution in [0.4, 0.5) is 8.78 Å². The Balaban J connectivity index is 1.75. The predicted molar refractivity (Wildman–Crippen MR) is 62.1 cm³/mol. The summed E-state index contributed by atoms with van der Waals surface area (Å²) in [6, 6.07) is 8.21. The first-order valence-corrected chi connectivity index (χ1v) is 5.92. The standard InChI is InChI=1S/C13H17F2NO/c14-13(15)12(17)8-16-7-9-1-3-10(4-2-9)11-5-6-11/h1-4,11-13,16-17H,5-8H2. The summed E-state index contributed by atoms with van der Waals surface area (Å²) in [5, 5.41) is 11.7. The molecular formula is C13H17F2NO. The van der Waals surface area contributed by atoms with Gasteiger partial charge < -0.3 is 10.4 Å². The summed E-state index contributed by atoms with van der Waals surface area (Å²) in [5.74, 6) is 0.734. The van der Waals surface area contributed by atoms with Crippen LogP contribution in [0.5, 0.6) is 0 Å². The summed E-state index contributed by atoms with van der Waals surface area (Å²) < 4.78 is 24.0. The molecule has 0 aliphatic heterocycles. The summed E-state index contributed by atoms with van der Waals surface area (Å²) in [6.07, 6.45) is -1.71. The lowest BCUT2D eigenvalue weighted by atomic mass is 10.1. The molecule has 0 amide bonds. The van der Waals surface area contributed by atoms with E-state index in [4.69, 9.17) is 5.11 Å². The number of aliphatic hydroxyl groups excluding tert-OH is 1. The Morgan fingerprint density at radius 3 is 2.41 bits per heavy atom. The lowest BCUT2D eigenvalue weighted by molar-refractivity contribution is -0.00340. The number of hydrogen-bond acceptors (Lipinski definition) is 2. The van der Waals surface area contributed by atoms with Crippen LogP contribution in [0, 0.1) is 0 Å². The van der Waals surface area contributed by atoms with Gasteiger partial charge in [0, 0.05) is 13.1 Å². The fourth-order valence-corrected chi connectivity index (χ4v) is 1.78. The van der Waals surface area contributed by atoms with Crippen LogP contribution in [0.15, 0.2) is 24.3 Å². The van der Waals surface area contributed by atoms with Crippen LogP contribution in [-0.2, 0) is 6.54 Å². The van der Waals surface area contributed by atoms with Gasteiger partial charge in [-0.2, -0.15) is 0 Å². The molecule has 0 saturated heterocycles. The lowest BCUT2D eigenvalue weighted by Crippen LogP contribution is -2.31. The molecule has 2 N–H and O–H groups in total. The van der Waals surface area contributed by atoms with E-state index in [9.17, 15) is 8.78 Å². The van der Waals surface area contributed by atoms with Crippen LogP contribution in [0.25, 0.3) is 0 Å². The topological polar surface area (TPSA) is 32.3 Å². The molecule has 1 aliphatic rings. The van der Waals surface area contributed by atoms with Crippen molar-refractivity contribution in [2.24, 2.45) is 0 Å². The highest BCUT2D eigenvalue weighted by Gasteiger charge is 2.22. The third kappa shape index (κ3) is 3.75. The highest BCUT2D eigenvalue weighted by atomic mass is 19.3. The van der Waals surface area contributed by atoms with E-state index >= 15 is 0 Å². The number of halogens is 2. The molecule has 94 valence electrons. The molecule has 4 heteroatoms. The Kier molecular flexibility index (Phi) is 4.07. The molecule has 0 spiro atoms. The molecule has 1 atom stereocenters. The van der Waals surface area contributed by atoms with Crippen molar-refractivity contribution < 1.29 is 13.9 Å². The SMILES string of the molecule is OC(CNCc1ccc(C2CC2)cc1)C(F)F. The van der Waals surface area contributed by atoms with Gasteiger partial charge in [-0.1, -0.05) is 24.3 Å². The highest BCUT2D eigenvalue weighted by Crippen LogP contribution is 2.39. The van der Waals surface area contributed by atoms with Gasteiger partial charge in [0.25, 0.3) is 6.43 Å². The Morgan fingerprint density at radius 2 is 1.88 bits per heavy atom. The molecule has 1 saturated carbocycles. The zero-order valence-corrected chi connectivity index (χ0v) is 9.57. The van der Waals surface area contributed by atoms with Crippen LogP contribution >= 0.6 is 0 Å². The molecule has 1 fully saturated rings. The van der Waals surface area contributed by atoms with Crippen LogP contribution < -0.4 is 5.32 Å². The van der Waals surface area contributed by atoms with Gasteiger partial charge in [0.2, 0.25) is 0 Å². The van der Waals surface area contributed by atoms with Crippen molar-refractivity contribution in [1.82, 2.24) is 5.32 Å².